The first-order chi connectivity index (χ1) is 11.5. The van der Waals surface area contributed by atoms with E-state index in [1.807, 2.05) is 12.1 Å². The average Bonchev–Trinajstić information content (AvgIpc) is 3.20. The lowest BCUT2D eigenvalue weighted by atomic mass is 9.76. The molecule has 1 aromatic rings. The molecule has 0 aromatic carbocycles. The lowest BCUT2D eigenvalue weighted by Crippen LogP contribution is -2.53. The standard InChI is InChI=1S/C18H24F2N2O2/c19-18(20)9-13(10-18)21-16(23)15-4-1-5-17(15)6-7-22(12-17)11-14-3-2-8-24-14/h2-3,8,13,15H,1,4-7,9-12H2,(H,21,23)/t15-,17+/m0/s1. The second-order valence-electron chi connectivity index (χ2n) is 7.82. The summed E-state index contributed by atoms with van der Waals surface area (Å²) in [6.07, 6.45) is 5.26. The molecule has 1 saturated heterocycles. The minimum absolute atomic E-state index is 0.00662. The van der Waals surface area contributed by atoms with Crippen LogP contribution in [0.25, 0.3) is 0 Å². The third kappa shape index (κ3) is 2.96. The van der Waals surface area contributed by atoms with Crippen LogP contribution in [0, 0.1) is 11.3 Å². The molecular weight excluding hydrogens is 314 g/mol. The zero-order valence-electron chi connectivity index (χ0n) is 13.8. The number of likely N-dealkylation sites (tertiary alicyclic amines) is 1. The van der Waals surface area contributed by atoms with E-state index < -0.39 is 5.92 Å². The van der Waals surface area contributed by atoms with Gasteiger partial charge in [0, 0.05) is 31.3 Å². The molecule has 3 aliphatic rings. The Balaban J connectivity index is 1.37. The first-order valence-electron chi connectivity index (χ1n) is 8.89. The van der Waals surface area contributed by atoms with Crippen molar-refractivity contribution in [3.05, 3.63) is 24.2 Å². The molecule has 3 fully saturated rings. The topological polar surface area (TPSA) is 45.5 Å². The van der Waals surface area contributed by atoms with Crippen LogP contribution < -0.4 is 5.32 Å². The van der Waals surface area contributed by atoms with Crippen molar-refractivity contribution in [3.63, 3.8) is 0 Å². The summed E-state index contributed by atoms with van der Waals surface area (Å²) in [7, 11) is 0. The van der Waals surface area contributed by atoms with Gasteiger partial charge in [0.15, 0.2) is 0 Å². The molecule has 4 nitrogen and oxygen atoms in total. The van der Waals surface area contributed by atoms with Crippen molar-refractivity contribution >= 4 is 5.91 Å². The summed E-state index contributed by atoms with van der Waals surface area (Å²) < 4.78 is 31.4. The number of hydrogen-bond donors (Lipinski definition) is 1. The molecule has 2 heterocycles. The van der Waals surface area contributed by atoms with E-state index in [1.165, 1.54) is 0 Å². The number of amides is 1. The number of furan rings is 1. The maximum atomic E-state index is 13.0. The number of nitrogens with one attached hydrogen (secondary N) is 1. The first kappa shape index (κ1) is 16.1. The van der Waals surface area contributed by atoms with E-state index >= 15 is 0 Å². The van der Waals surface area contributed by atoms with Crippen molar-refractivity contribution in [1.29, 1.82) is 0 Å². The molecule has 0 radical (unpaired) electrons. The van der Waals surface area contributed by atoms with Gasteiger partial charge in [0.1, 0.15) is 5.76 Å². The summed E-state index contributed by atoms with van der Waals surface area (Å²) in [5, 5.41) is 2.87. The Kier molecular flexibility index (Phi) is 3.90. The van der Waals surface area contributed by atoms with Crippen LogP contribution >= 0.6 is 0 Å². The van der Waals surface area contributed by atoms with E-state index in [0.29, 0.717) is 0 Å². The minimum Gasteiger partial charge on any atom is -0.468 e. The van der Waals surface area contributed by atoms with E-state index in [0.717, 1.165) is 51.1 Å². The second-order valence-corrected chi connectivity index (χ2v) is 7.82. The number of carbonyl (C=O) groups excluding carboxylic acids is 1. The third-order valence-corrected chi connectivity index (χ3v) is 6.08. The Hall–Kier alpha value is -1.43. The number of nitrogens with zero attached hydrogens (tertiary/aromatic N) is 1. The largest absolute Gasteiger partial charge is 0.468 e. The lowest BCUT2D eigenvalue weighted by molar-refractivity contribution is -0.135. The summed E-state index contributed by atoms with van der Waals surface area (Å²) in [6, 6.07) is 3.52. The van der Waals surface area contributed by atoms with Gasteiger partial charge in [0.05, 0.1) is 12.8 Å². The zero-order valence-corrected chi connectivity index (χ0v) is 13.8. The predicted octanol–water partition coefficient (Wildman–Crippen LogP) is 3.19. The van der Waals surface area contributed by atoms with Gasteiger partial charge >= 0.3 is 0 Å². The van der Waals surface area contributed by atoms with Crippen LogP contribution in [0.2, 0.25) is 0 Å². The maximum Gasteiger partial charge on any atom is 0.252 e. The van der Waals surface area contributed by atoms with Crippen LogP contribution in [0.3, 0.4) is 0 Å². The predicted molar refractivity (Wildman–Crippen MR) is 84.5 cm³/mol. The highest BCUT2D eigenvalue weighted by atomic mass is 19.3. The van der Waals surface area contributed by atoms with Crippen LogP contribution in [0.5, 0.6) is 0 Å². The van der Waals surface area contributed by atoms with Crippen LogP contribution in [0.4, 0.5) is 8.78 Å². The molecule has 132 valence electrons. The fraction of sp³-hybridized carbons (Fsp3) is 0.722. The molecule has 24 heavy (non-hydrogen) atoms. The highest BCUT2D eigenvalue weighted by Gasteiger charge is 2.52. The normalized spacial score (nSPS) is 33.0. The Morgan fingerprint density at radius 2 is 2.21 bits per heavy atom. The van der Waals surface area contributed by atoms with Gasteiger partial charge in [-0.1, -0.05) is 6.42 Å². The van der Waals surface area contributed by atoms with Gasteiger partial charge in [-0.25, -0.2) is 8.78 Å². The average molecular weight is 338 g/mol. The Morgan fingerprint density at radius 1 is 1.38 bits per heavy atom. The van der Waals surface area contributed by atoms with Gasteiger partial charge in [-0.05, 0) is 43.4 Å². The van der Waals surface area contributed by atoms with Crippen LogP contribution in [-0.2, 0) is 11.3 Å². The molecule has 6 heteroatoms. The summed E-state index contributed by atoms with van der Waals surface area (Å²) in [5.74, 6) is -1.68. The van der Waals surface area contributed by atoms with E-state index in [2.05, 4.69) is 10.2 Å². The molecular formula is C18H24F2N2O2. The van der Waals surface area contributed by atoms with E-state index in [9.17, 15) is 13.6 Å². The maximum absolute atomic E-state index is 13.0. The number of carbonyl (C=O) groups is 1. The van der Waals surface area contributed by atoms with E-state index in [1.54, 1.807) is 6.26 Å². The van der Waals surface area contributed by atoms with Gasteiger partial charge in [-0.15, -0.1) is 0 Å². The fourth-order valence-corrected chi connectivity index (χ4v) is 4.84. The number of hydrogen-bond acceptors (Lipinski definition) is 3. The molecule has 1 amide bonds. The number of alkyl halides is 2. The summed E-state index contributed by atoms with van der Waals surface area (Å²) >= 11 is 0. The fourth-order valence-electron chi connectivity index (χ4n) is 4.84. The highest BCUT2D eigenvalue weighted by molar-refractivity contribution is 5.80. The smallest absolute Gasteiger partial charge is 0.252 e. The Labute approximate surface area is 140 Å². The molecule has 1 aromatic heterocycles. The van der Waals surface area contributed by atoms with E-state index in [4.69, 9.17) is 4.42 Å². The molecule has 1 aliphatic heterocycles. The molecule has 0 bridgehead atoms. The molecule has 2 atom stereocenters. The van der Waals surface area contributed by atoms with Gasteiger partial charge in [-0.3, -0.25) is 9.69 Å². The van der Waals surface area contributed by atoms with Crippen LogP contribution in [0.15, 0.2) is 22.8 Å². The van der Waals surface area contributed by atoms with Gasteiger partial charge < -0.3 is 9.73 Å². The van der Waals surface area contributed by atoms with Crippen molar-refractivity contribution in [2.45, 2.75) is 57.0 Å². The Morgan fingerprint density at radius 3 is 2.92 bits per heavy atom. The SMILES string of the molecule is O=C(NC1CC(F)(F)C1)[C@@H]1CCC[C@]12CCN(Cc1ccco1)C2. The van der Waals surface area contributed by atoms with Crippen LogP contribution in [0.1, 0.15) is 44.3 Å². The zero-order chi connectivity index (χ0) is 16.8. The first-order valence-corrected chi connectivity index (χ1v) is 8.89. The quantitative estimate of drug-likeness (QED) is 0.917. The van der Waals surface area contributed by atoms with Gasteiger partial charge in [0.25, 0.3) is 5.92 Å². The molecule has 4 rings (SSSR count). The second kappa shape index (κ2) is 5.83. The monoisotopic (exact) mass is 338 g/mol. The number of rotatable bonds is 4. The van der Waals surface area contributed by atoms with Gasteiger partial charge in [0.2, 0.25) is 5.91 Å². The molecule has 0 unspecified atom stereocenters. The minimum atomic E-state index is -2.58. The summed E-state index contributed by atoms with van der Waals surface area (Å²) in [6.45, 7) is 2.64. The van der Waals surface area contributed by atoms with Crippen LogP contribution in [-0.4, -0.2) is 35.9 Å². The molecule has 1 N–H and O–H groups in total. The Bertz CT molecular complexity index is 596. The lowest BCUT2D eigenvalue weighted by Gasteiger charge is -2.38. The highest BCUT2D eigenvalue weighted by Crippen LogP contribution is 2.50. The van der Waals surface area contributed by atoms with E-state index in [-0.39, 0.29) is 36.1 Å². The molecule has 2 saturated carbocycles. The van der Waals surface area contributed by atoms with Crippen molar-refractivity contribution in [2.24, 2.45) is 11.3 Å². The number of halogens is 2. The van der Waals surface area contributed by atoms with Crippen molar-refractivity contribution in [3.8, 4) is 0 Å². The third-order valence-electron chi connectivity index (χ3n) is 6.08. The molecule has 1 spiro atoms. The van der Waals surface area contributed by atoms with Gasteiger partial charge in [-0.2, -0.15) is 0 Å². The summed E-state index contributed by atoms with van der Waals surface area (Å²) in [5.41, 5.74) is 0.0168. The summed E-state index contributed by atoms with van der Waals surface area (Å²) in [4.78, 5) is 15.0. The molecule has 2 aliphatic carbocycles. The van der Waals surface area contributed by atoms with Crippen molar-refractivity contribution in [2.75, 3.05) is 13.1 Å². The van der Waals surface area contributed by atoms with Crippen molar-refractivity contribution < 1.29 is 18.0 Å². The van der Waals surface area contributed by atoms with Crippen molar-refractivity contribution in [1.82, 2.24) is 10.2 Å².